The Hall–Kier alpha value is -2.57. The van der Waals surface area contributed by atoms with E-state index in [-0.39, 0.29) is 5.82 Å². The average molecular weight is 373 g/mol. The minimum absolute atomic E-state index is 0.245. The minimum Gasteiger partial charge on any atom is -0.494 e. The standard InChI is InChI=1S/C20H28FN5O/c1-22-20(26-11-9-16(15-26)17-13-24-25(2)14-17)23-10-3-4-12-27-19-7-5-18(21)6-8-19/h5-8,13-14,16H,3-4,9-12,15H2,1-2H3,(H,22,23). The van der Waals surface area contributed by atoms with E-state index in [4.69, 9.17) is 4.74 Å². The zero-order valence-corrected chi connectivity index (χ0v) is 16.1. The Balaban J connectivity index is 1.34. The summed E-state index contributed by atoms with van der Waals surface area (Å²) in [7, 11) is 3.79. The van der Waals surface area contributed by atoms with Gasteiger partial charge in [-0.1, -0.05) is 0 Å². The van der Waals surface area contributed by atoms with Gasteiger partial charge in [0.05, 0.1) is 12.8 Å². The van der Waals surface area contributed by atoms with Gasteiger partial charge in [0, 0.05) is 45.8 Å². The highest BCUT2D eigenvalue weighted by molar-refractivity contribution is 5.80. The Morgan fingerprint density at radius 1 is 1.33 bits per heavy atom. The smallest absolute Gasteiger partial charge is 0.193 e. The van der Waals surface area contributed by atoms with Crippen molar-refractivity contribution < 1.29 is 9.13 Å². The van der Waals surface area contributed by atoms with Crippen LogP contribution in [0.15, 0.2) is 41.7 Å². The largest absolute Gasteiger partial charge is 0.494 e. The average Bonchev–Trinajstić information content (AvgIpc) is 3.32. The lowest BCUT2D eigenvalue weighted by atomic mass is 10.0. The van der Waals surface area contributed by atoms with E-state index in [1.807, 2.05) is 25.0 Å². The van der Waals surface area contributed by atoms with E-state index in [1.54, 1.807) is 12.1 Å². The summed E-state index contributed by atoms with van der Waals surface area (Å²) in [5.74, 6) is 1.94. The molecule has 0 amide bonds. The first-order valence-electron chi connectivity index (χ1n) is 9.48. The van der Waals surface area contributed by atoms with E-state index < -0.39 is 0 Å². The zero-order valence-electron chi connectivity index (χ0n) is 16.1. The third-order valence-electron chi connectivity index (χ3n) is 4.83. The van der Waals surface area contributed by atoms with Crippen LogP contribution < -0.4 is 10.1 Å². The van der Waals surface area contributed by atoms with Crippen molar-refractivity contribution in [2.24, 2.45) is 12.0 Å². The van der Waals surface area contributed by atoms with Crippen LogP contribution in [0.2, 0.25) is 0 Å². The molecule has 0 bridgehead atoms. The van der Waals surface area contributed by atoms with Crippen molar-refractivity contribution in [3.63, 3.8) is 0 Å². The number of nitrogens with zero attached hydrogens (tertiary/aromatic N) is 4. The van der Waals surface area contributed by atoms with Crippen LogP contribution >= 0.6 is 0 Å². The van der Waals surface area contributed by atoms with Gasteiger partial charge in [-0.3, -0.25) is 9.67 Å². The van der Waals surface area contributed by atoms with E-state index in [9.17, 15) is 4.39 Å². The van der Waals surface area contributed by atoms with Gasteiger partial charge in [0.2, 0.25) is 0 Å². The molecule has 1 aliphatic rings. The normalized spacial score (nSPS) is 17.4. The van der Waals surface area contributed by atoms with Crippen molar-refractivity contribution in [2.45, 2.75) is 25.2 Å². The van der Waals surface area contributed by atoms with Crippen LogP contribution in [0.1, 0.15) is 30.7 Å². The quantitative estimate of drug-likeness (QED) is 0.461. The highest BCUT2D eigenvalue weighted by atomic mass is 19.1. The first-order valence-corrected chi connectivity index (χ1v) is 9.48. The van der Waals surface area contributed by atoms with Gasteiger partial charge < -0.3 is 15.0 Å². The number of aryl methyl sites for hydroxylation is 1. The Morgan fingerprint density at radius 3 is 2.85 bits per heavy atom. The van der Waals surface area contributed by atoms with Crippen LogP contribution in [0.25, 0.3) is 0 Å². The summed E-state index contributed by atoms with van der Waals surface area (Å²) in [4.78, 5) is 6.73. The fraction of sp³-hybridized carbons (Fsp3) is 0.500. The molecule has 1 atom stereocenters. The predicted molar refractivity (Wildman–Crippen MR) is 105 cm³/mol. The summed E-state index contributed by atoms with van der Waals surface area (Å²) in [5, 5.41) is 7.72. The van der Waals surface area contributed by atoms with Gasteiger partial charge in [-0.05, 0) is 49.1 Å². The molecule has 3 rings (SSSR count). The number of aliphatic imine (C=N–C) groups is 1. The molecule has 6 nitrogen and oxygen atoms in total. The Bertz CT molecular complexity index is 743. The summed E-state index contributed by atoms with van der Waals surface area (Å²) in [6.07, 6.45) is 7.11. The SMILES string of the molecule is CN=C(NCCCCOc1ccc(F)cc1)N1CCC(c2cnn(C)c2)C1. The van der Waals surface area contributed by atoms with Crippen molar-refractivity contribution in [2.75, 3.05) is 33.3 Å². The Labute approximate surface area is 160 Å². The number of hydrogen-bond donors (Lipinski definition) is 1. The maximum atomic E-state index is 12.9. The first kappa shape index (κ1) is 19.2. The fourth-order valence-corrected chi connectivity index (χ4v) is 3.36. The van der Waals surface area contributed by atoms with E-state index in [0.29, 0.717) is 18.3 Å². The number of halogens is 1. The molecule has 1 saturated heterocycles. The highest BCUT2D eigenvalue weighted by Crippen LogP contribution is 2.26. The van der Waals surface area contributed by atoms with Crippen LogP contribution in [0.4, 0.5) is 4.39 Å². The lowest BCUT2D eigenvalue weighted by molar-refractivity contribution is 0.306. The van der Waals surface area contributed by atoms with Crippen LogP contribution in [-0.4, -0.2) is 53.9 Å². The summed E-state index contributed by atoms with van der Waals surface area (Å²) in [6.45, 7) is 3.46. The van der Waals surface area contributed by atoms with E-state index >= 15 is 0 Å². The maximum Gasteiger partial charge on any atom is 0.193 e. The van der Waals surface area contributed by atoms with E-state index in [2.05, 4.69) is 26.5 Å². The molecule has 0 aliphatic carbocycles. The second-order valence-corrected chi connectivity index (χ2v) is 6.86. The van der Waals surface area contributed by atoms with Gasteiger partial charge in [-0.2, -0.15) is 5.10 Å². The number of unbranched alkanes of at least 4 members (excludes halogenated alkanes) is 1. The van der Waals surface area contributed by atoms with Gasteiger partial charge in [0.25, 0.3) is 0 Å². The Kier molecular flexibility index (Phi) is 6.68. The molecular weight excluding hydrogens is 345 g/mol. The van der Waals surface area contributed by atoms with Gasteiger partial charge >= 0.3 is 0 Å². The van der Waals surface area contributed by atoms with Gasteiger partial charge in [0.15, 0.2) is 5.96 Å². The third kappa shape index (κ3) is 5.45. The molecule has 1 aliphatic heterocycles. The number of benzene rings is 1. The van der Waals surface area contributed by atoms with Crippen molar-refractivity contribution in [3.05, 3.63) is 48.0 Å². The monoisotopic (exact) mass is 373 g/mol. The fourth-order valence-electron chi connectivity index (χ4n) is 3.36. The van der Waals surface area contributed by atoms with Crippen LogP contribution in [0.5, 0.6) is 5.75 Å². The van der Waals surface area contributed by atoms with Gasteiger partial charge in [0.1, 0.15) is 11.6 Å². The Morgan fingerprint density at radius 2 is 2.15 bits per heavy atom. The number of guanidine groups is 1. The zero-order chi connectivity index (χ0) is 19.1. The molecule has 1 fully saturated rings. The molecule has 146 valence electrons. The molecule has 7 heteroatoms. The molecule has 1 aromatic heterocycles. The second kappa shape index (κ2) is 9.39. The van der Waals surface area contributed by atoms with Crippen molar-refractivity contribution in [1.29, 1.82) is 0 Å². The minimum atomic E-state index is -0.245. The molecule has 2 heterocycles. The number of ether oxygens (including phenoxy) is 1. The molecule has 1 aromatic carbocycles. The number of nitrogens with one attached hydrogen (secondary N) is 1. The van der Waals surface area contributed by atoms with Crippen molar-refractivity contribution >= 4 is 5.96 Å². The topological polar surface area (TPSA) is 54.7 Å². The number of likely N-dealkylation sites (tertiary alicyclic amines) is 1. The predicted octanol–water partition coefficient (Wildman–Crippen LogP) is 2.78. The van der Waals surface area contributed by atoms with Crippen LogP contribution in [-0.2, 0) is 7.05 Å². The lowest BCUT2D eigenvalue weighted by Crippen LogP contribution is -2.40. The first-order chi connectivity index (χ1) is 13.2. The summed E-state index contributed by atoms with van der Waals surface area (Å²) in [6, 6.07) is 6.13. The third-order valence-corrected chi connectivity index (χ3v) is 4.83. The van der Waals surface area contributed by atoms with E-state index in [0.717, 1.165) is 44.9 Å². The molecule has 1 N–H and O–H groups in total. The molecule has 0 radical (unpaired) electrons. The summed E-state index contributed by atoms with van der Waals surface area (Å²) < 4.78 is 20.3. The summed E-state index contributed by atoms with van der Waals surface area (Å²) in [5.41, 5.74) is 1.30. The molecular formula is C20H28FN5O. The van der Waals surface area contributed by atoms with Crippen LogP contribution in [0, 0.1) is 5.82 Å². The summed E-state index contributed by atoms with van der Waals surface area (Å²) >= 11 is 0. The molecule has 2 aromatic rings. The molecule has 0 saturated carbocycles. The molecule has 27 heavy (non-hydrogen) atoms. The number of rotatable bonds is 7. The molecule has 0 spiro atoms. The van der Waals surface area contributed by atoms with Gasteiger partial charge in [-0.15, -0.1) is 0 Å². The second-order valence-electron chi connectivity index (χ2n) is 6.86. The lowest BCUT2D eigenvalue weighted by Gasteiger charge is -2.21. The van der Waals surface area contributed by atoms with Crippen molar-refractivity contribution in [1.82, 2.24) is 20.0 Å². The van der Waals surface area contributed by atoms with Gasteiger partial charge in [-0.25, -0.2) is 4.39 Å². The van der Waals surface area contributed by atoms with E-state index in [1.165, 1.54) is 17.7 Å². The maximum absolute atomic E-state index is 12.9. The van der Waals surface area contributed by atoms with Crippen LogP contribution in [0.3, 0.4) is 0 Å². The number of aromatic nitrogens is 2. The highest BCUT2D eigenvalue weighted by Gasteiger charge is 2.26. The van der Waals surface area contributed by atoms with Crippen molar-refractivity contribution in [3.8, 4) is 5.75 Å². The molecule has 1 unspecified atom stereocenters. The number of hydrogen-bond acceptors (Lipinski definition) is 3.